The van der Waals surface area contributed by atoms with Crippen LogP contribution in [0, 0.1) is 5.41 Å². The molecule has 88 valence electrons. The van der Waals surface area contributed by atoms with E-state index < -0.39 is 11.5 Å². The van der Waals surface area contributed by atoms with Gasteiger partial charge in [0, 0.05) is 19.6 Å². The van der Waals surface area contributed by atoms with Crippen LogP contribution in [0.15, 0.2) is 0 Å². The summed E-state index contributed by atoms with van der Waals surface area (Å²) in [7, 11) is 1.73. The molecular weight excluding hydrogens is 192 g/mol. The smallest absolute Gasteiger partial charge is 0.229 e. The van der Waals surface area contributed by atoms with E-state index in [9.17, 15) is 9.90 Å². The van der Waals surface area contributed by atoms with Crippen molar-refractivity contribution >= 4 is 5.91 Å². The maximum Gasteiger partial charge on any atom is 0.229 e. The molecule has 1 aliphatic rings. The van der Waals surface area contributed by atoms with Crippen molar-refractivity contribution in [1.29, 1.82) is 0 Å². The number of carbonyl (C=O) groups is 1. The third-order valence-corrected chi connectivity index (χ3v) is 3.40. The molecule has 4 nitrogen and oxygen atoms in total. The number of aliphatic hydroxyl groups excluding tert-OH is 1. The summed E-state index contributed by atoms with van der Waals surface area (Å²) in [5.41, 5.74) is 5.55. The van der Waals surface area contributed by atoms with Gasteiger partial charge in [-0.2, -0.15) is 0 Å². The Morgan fingerprint density at radius 1 is 1.73 bits per heavy atom. The van der Waals surface area contributed by atoms with Crippen LogP contribution in [0.1, 0.15) is 33.1 Å². The molecule has 3 unspecified atom stereocenters. The lowest BCUT2D eigenvalue weighted by molar-refractivity contribution is -0.141. The topological polar surface area (TPSA) is 66.6 Å². The lowest BCUT2D eigenvalue weighted by atomic mass is 9.83. The monoisotopic (exact) mass is 214 g/mol. The van der Waals surface area contributed by atoms with Gasteiger partial charge in [-0.15, -0.1) is 0 Å². The molecular formula is C11H22N2O2. The van der Waals surface area contributed by atoms with Crippen LogP contribution in [0.2, 0.25) is 0 Å². The Morgan fingerprint density at radius 3 is 2.73 bits per heavy atom. The Kier molecular flexibility index (Phi) is 3.73. The maximum absolute atomic E-state index is 12.1. The highest BCUT2D eigenvalue weighted by Crippen LogP contribution is 2.38. The molecule has 0 radical (unpaired) electrons. The summed E-state index contributed by atoms with van der Waals surface area (Å²) in [5, 5.41) is 9.24. The van der Waals surface area contributed by atoms with Crippen LogP contribution in [0.4, 0.5) is 0 Å². The van der Waals surface area contributed by atoms with Gasteiger partial charge in [-0.3, -0.25) is 4.79 Å². The van der Waals surface area contributed by atoms with Gasteiger partial charge >= 0.3 is 0 Å². The van der Waals surface area contributed by atoms with Gasteiger partial charge in [-0.05, 0) is 26.7 Å². The average Bonchev–Trinajstić information content (AvgIpc) is 2.46. The van der Waals surface area contributed by atoms with Crippen molar-refractivity contribution < 1.29 is 9.90 Å². The molecule has 15 heavy (non-hydrogen) atoms. The number of hydrogen-bond acceptors (Lipinski definition) is 3. The molecule has 0 aromatic rings. The quantitative estimate of drug-likeness (QED) is 0.712. The number of rotatable bonds is 3. The zero-order valence-corrected chi connectivity index (χ0v) is 9.86. The standard InChI is InChI=1S/C11H22N2O2/c1-8(14)7-13(3)10(15)11(2)6-4-5-9(11)12/h8-9,14H,4-7,12H2,1-3H3. The molecule has 0 aromatic carbocycles. The number of amides is 1. The van der Waals surface area contributed by atoms with Gasteiger partial charge in [0.1, 0.15) is 0 Å². The predicted octanol–water partition coefficient (Wildman–Crippen LogP) is 0.343. The summed E-state index contributed by atoms with van der Waals surface area (Å²) in [4.78, 5) is 13.7. The molecule has 1 fully saturated rings. The lowest BCUT2D eigenvalue weighted by Gasteiger charge is -2.32. The summed E-state index contributed by atoms with van der Waals surface area (Å²) in [6.45, 7) is 3.99. The Hall–Kier alpha value is -0.610. The second kappa shape index (κ2) is 4.49. The lowest BCUT2D eigenvalue weighted by Crippen LogP contribution is -2.49. The molecule has 1 saturated carbocycles. The number of nitrogens with zero attached hydrogens (tertiary/aromatic N) is 1. The van der Waals surface area contributed by atoms with Crippen LogP contribution in [0.25, 0.3) is 0 Å². The summed E-state index contributed by atoms with van der Waals surface area (Å²) in [6.07, 6.45) is 2.31. The fourth-order valence-corrected chi connectivity index (χ4v) is 2.37. The summed E-state index contributed by atoms with van der Waals surface area (Å²) < 4.78 is 0. The van der Waals surface area contributed by atoms with E-state index in [4.69, 9.17) is 5.73 Å². The number of hydrogen-bond donors (Lipinski definition) is 2. The molecule has 0 bridgehead atoms. The highest BCUT2D eigenvalue weighted by Gasteiger charge is 2.44. The first kappa shape index (κ1) is 12.5. The van der Waals surface area contributed by atoms with Gasteiger partial charge in [0.05, 0.1) is 11.5 Å². The van der Waals surface area contributed by atoms with Gasteiger partial charge in [-0.25, -0.2) is 0 Å². The molecule has 1 amide bonds. The van der Waals surface area contributed by atoms with Crippen LogP contribution >= 0.6 is 0 Å². The van der Waals surface area contributed by atoms with Crippen molar-refractivity contribution in [3.63, 3.8) is 0 Å². The number of aliphatic hydroxyl groups is 1. The van der Waals surface area contributed by atoms with Gasteiger partial charge in [0.15, 0.2) is 0 Å². The van der Waals surface area contributed by atoms with Crippen molar-refractivity contribution in [3.8, 4) is 0 Å². The van der Waals surface area contributed by atoms with E-state index in [1.165, 1.54) is 0 Å². The summed E-state index contributed by atoms with van der Waals surface area (Å²) >= 11 is 0. The maximum atomic E-state index is 12.1. The fraction of sp³-hybridized carbons (Fsp3) is 0.909. The highest BCUT2D eigenvalue weighted by molar-refractivity contribution is 5.83. The van der Waals surface area contributed by atoms with Crippen LogP contribution in [0.3, 0.4) is 0 Å². The van der Waals surface area contributed by atoms with E-state index >= 15 is 0 Å². The van der Waals surface area contributed by atoms with Crippen LogP contribution in [0.5, 0.6) is 0 Å². The Balaban J connectivity index is 2.66. The molecule has 0 spiro atoms. The molecule has 0 heterocycles. The van der Waals surface area contributed by atoms with Gasteiger partial charge < -0.3 is 15.7 Å². The zero-order chi connectivity index (χ0) is 11.6. The Labute approximate surface area is 91.4 Å². The second-order valence-corrected chi connectivity index (χ2v) is 4.95. The molecule has 0 aromatic heterocycles. The van der Waals surface area contributed by atoms with Crippen molar-refractivity contribution in [2.75, 3.05) is 13.6 Å². The molecule has 0 aliphatic heterocycles. The largest absolute Gasteiger partial charge is 0.392 e. The van der Waals surface area contributed by atoms with E-state index in [0.29, 0.717) is 6.54 Å². The number of nitrogens with two attached hydrogens (primary N) is 1. The van der Waals surface area contributed by atoms with Crippen LogP contribution < -0.4 is 5.73 Å². The number of carbonyl (C=O) groups excluding carboxylic acids is 1. The second-order valence-electron chi connectivity index (χ2n) is 4.95. The fourth-order valence-electron chi connectivity index (χ4n) is 2.37. The SMILES string of the molecule is CC(O)CN(C)C(=O)C1(C)CCCC1N. The van der Waals surface area contributed by atoms with Crippen molar-refractivity contribution in [2.24, 2.45) is 11.1 Å². The first-order valence-electron chi connectivity index (χ1n) is 5.57. The van der Waals surface area contributed by atoms with Gasteiger partial charge in [0.25, 0.3) is 0 Å². The van der Waals surface area contributed by atoms with E-state index in [-0.39, 0.29) is 11.9 Å². The van der Waals surface area contributed by atoms with Gasteiger partial charge in [0.2, 0.25) is 5.91 Å². The third kappa shape index (κ3) is 2.49. The Bertz CT molecular complexity index is 243. The van der Waals surface area contributed by atoms with E-state index in [1.54, 1.807) is 18.9 Å². The van der Waals surface area contributed by atoms with Crippen molar-refractivity contribution in [2.45, 2.75) is 45.3 Å². The number of likely N-dealkylation sites (N-methyl/N-ethyl adjacent to an activating group) is 1. The summed E-state index contributed by atoms with van der Waals surface area (Å²) in [5.74, 6) is 0.0633. The highest BCUT2D eigenvalue weighted by atomic mass is 16.3. The predicted molar refractivity (Wildman–Crippen MR) is 59.3 cm³/mol. The normalized spacial score (nSPS) is 32.7. The van der Waals surface area contributed by atoms with Crippen LogP contribution in [-0.4, -0.2) is 41.7 Å². The minimum absolute atomic E-state index is 0.0403. The first-order chi connectivity index (χ1) is 6.88. The Morgan fingerprint density at radius 2 is 2.33 bits per heavy atom. The van der Waals surface area contributed by atoms with Crippen molar-refractivity contribution in [1.82, 2.24) is 4.90 Å². The average molecular weight is 214 g/mol. The molecule has 3 atom stereocenters. The minimum atomic E-state index is -0.486. The van der Waals surface area contributed by atoms with Crippen LogP contribution in [-0.2, 0) is 4.79 Å². The zero-order valence-electron chi connectivity index (χ0n) is 9.86. The van der Waals surface area contributed by atoms with Gasteiger partial charge in [-0.1, -0.05) is 6.42 Å². The molecule has 0 saturated heterocycles. The van der Waals surface area contributed by atoms with Crippen molar-refractivity contribution in [3.05, 3.63) is 0 Å². The summed E-state index contributed by atoms with van der Waals surface area (Å²) in [6, 6.07) is -0.0403. The van der Waals surface area contributed by atoms with E-state index in [1.807, 2.05) is 6.92 Å². The molecule has 3 N–H and O–H groups in total. The van der Waals surface area contributed by atoms with E-state index in [0.717, 1.165) is 19.3 Å². The molecule has 1 aliphatic carbocycles. The van der Waals surface area contributed by atoms with E-state index in [2.05, 4.69) is 0 Å². The third-order valence-electron chi connectivity index (χ3n) is 3.40. The minimum Gasteiger partial charge on any atom is -0.392 e. The first-order valence-corrected chi connectivity index (χ1v) is 5.57. The molecule has 1 rings (SSSR count). The molecule has 4 heteroatoms.